The minimum absolute atomic E-state index is 0.0398. The third kappa shape index (κ3) is 2.71. The fraction of sp³-hybridized carbons (Fsp3) is 0.214. The minimum atomic E-state index is -0.600. The van der Waals surface area contributed by atoms with Crippen LogP contribution < -0.4 is 5.32 Å². The van der Waals surface area contributed by atoms with E-state index in [2.05, 4.69) is 10.3 Å². The number of anilines is 1. The van der Waals surface area contributed by atoms with Crippen LogP contribution in [0.3, 0.4) is 0 Å². The van der Waals surface area contributed by atoms with Crippen LogP contribution in [0, 0.1) is 21.7 Å². The highest BCUT2D eigenvalue weighted by molar-refractivity contribution is 6.33. The van der Waals surface area contributed by atoms with Gasteiger partial charge in [-0.25, -0.2) is 13.8 Å². The Bertz CT molecular complexity index is 737. The zero-order valence-electron chi connectivity index (χ0n) is 11.1. The van der Waals surface area contributed by atoms with E-state index in [9.17, 15) is 18.9 Å². The Labute approximate surface area is 129 Å². The van der Waals surface area contributed by atoms with Crippen LogP contribution in [0.2, 0.25) is 5.02 Å². The van der Waals surface area contributed by atoms with Crippen LogP contribution >= 0.6 is 11.6 Å². The van der Waals surface area contributed by atoms with Crippen LogP contribution in [-0.4, -0.2) is 15.9 Å². The third-order valence-electron chi connectivity index (χ3n) is 3.52. The number of nitrogens with one attached hydrogen (secondary N) is 1. The number of rotatable bonds is 4. The Kier molecular flexibility index (Phi) is 3.66. The van der Waals surface area contributed by atoms with Crippen molar-refractivity contribution in [3.05, 3.63) is 62.8 Å². The van der Waals surface area contributed by atoms with Crippen molar-refractivity contribution in [3.8, 4) is 0 Å². The molecule has 2 atom stereocenters. The quantitative estimate of drug-likeness (QED) is 0.684. The van der Waals surface area contributed by atoms with Crippen LogP contribution in [0.15, 0.2) is 30.5 Å². The van der Waals surface area contributed by atoms with Gasteiger partial charge < -0.3 is 5.32 Å². The van der Waals surface area contributed by atoms with Crippen molar-refractivity contribution in [2.75, 3.05) is 5.32 Å². The van der Waals surface area contributed by atoms with Gasteiger partial charge in [0, 0.05) is 23.6 Å². The number of benzene rings is 1. The number of hydrogen-bond donors (Lipinski definition) is 1. The normalized spacial score (nSPS) is 19.8. The molecule has 1 aliphatic carbocycles. The molecule has 1 aromatic carbocycles. The van der Waals surface area contributed by atoms with Crippen LogP contribution in [0.4, 0.5) is 20.3 Å². The van der Waals surface area contributed by atoms with Crippen LogP contribution in [0.25, 0.3) is 0 Å². The first-order valence-electron chi connectivity index (χ1n) is 6.47. The summed E-state index contributed by atoms with van der Waals surface area (Å²) in [6.45, 7) is 0. The summed E-state index contributed by atoms with van der Waals surface area (Å²) in [5.74, 6) is -1.22. The SMILES string of the molecule is O=[N+]([O-])c1cnc(NC2CC2c2c(F)cccc2F)c(Cl)c1. The predicted octanol–water partition coefficient (Wildman–Crippen LogP) is 3.89. The second-order valence-electron chi connectivity index (χ2n) is 5.01. The van der Waals surface area contributed by atoms with E-state index in [1.165, 1.54) is 24.3 Å². The Morgan fingerprint density at radius 3 is 2.64 bits per heavy atom. The van der Waals surface area contributed by atoms with E-state index >= 15 is 0 Å². The van der Waals surface area contributed by atoms with E-state index in [0.717, 1.165) is 6.20 Å². The molecule has 8 heteroatoms. The lowest BCUT2D eigenvalue weighted by atomic mass is 10.1. The molecule has 1 fully saturated rings. The van der Waals surface area contributed by atoms with Crippen molar-refractivity contribution in [1.29, 1.82) is 0 Å². The molecule has 3 rings (SSSR count). The summed E-state index contributed by atoms with van der Waals surface area (Å²) in [4.78, 5) is 13.9. The largest absolute Gasteiger partial charge is 0.365 e. The lowest BCUT2D eigenvalue weighted by molar-refractivity contribution is -0.385. The first kappa shape index (κ1) is 14.6. The van der Waals surface area contributed by atoms with Crippen molar-refractivity contribution < 1.29 is 13.7 Å². The monoisotopic (exact) mass is 325 g/mol. The molecule has 1 aromatic heterocycles. The second-order valence-corrected chi connectivity index (χ2v) is 5.42. The van der Waals surface area contributed by atoms with Gasteiger partial charge in [-0.15, -0.1) is 0 Å². The summed E-state index contributed by atoms with van der Waals surface area (Å²) >= 11 is 5.92. The topological polar surface area (TPSA) is 68.1 Å². The molecule has 0 radical (unpaired) electrons. The van der Waals surface area contributed by atoms with E-state index in [1.807, 2.05) is 0 Å². The van der Waals surface area contributed by atoms with Crippen LogP contribution in [0.1, 0.15) is 17.9 Å². The summed E-state index contributed by atoms with van der Waals surface area (Å²) in [5, 5.41) is 13.7. The van der Waals surface area contributed by atoms with Crippen molar-refractivity contribution >= 4 is 23.1 Å². The number of pyridine rings is 1. The molecule has 114 valence electrons. The Balaban J connectivity index is 1.76. The molecule has 1 saturated carbocycles. The average molecular weight is 326 g/mol. The maximum absolute atomic E-state index is 13.7. The van der Waals surface area contributed by atoms with Crippen molar-refractivity contribution in [3.63, 3.8) is 0 Å². The lowest BCUT2D eigenvalue weighted by Gasteiger charge is -2.08. The van der Waals surface area contributed by atoms with E-state index in [0.29, 0.717) is 6.42 Å². The number of nitro groups is 1. The second kappa shape index (κ2) is 5.49. The van der Waals surface area contributed by atoms with Crippen molar-refractivity contribution in [2.45, 2.75) is 18.4 Å². The Morgan fingerprint density at radius 2 is 2.05 bits per heavy atom. The van der Waals surface area contributed by atoms with Gasteiger partial charge in [-0.2, -0.15) is 0 Å². The molecule has 22 heavy (non-hydrogen) atoms. The summed E-state index contributed by atoms with van der Waals surface area (Å²) in [7, 11) is 0. The fourth-order valence-electron chi connectivity index (χ4n) is 2.35. The number of nitrogens with zero attached hydrogens (tertiary/aromatic N) is 2. The highest BCUT2D eigenvalue weighted by Gasteiger charge is 2.42. The molecular weight excluding hydrogens is 316 g/mol. The molecule has 2 unspecified atom stereocenters. The van der Waals surface area contributed by atoms with Gasteiger partial charge in [0.05, 0.1) is 9.95 Å². The number of halogens is 3. The first-order chi connectivity index (χ1) is 10.5. The highest BCUT2D eigenvalue weighted by atomic mass is 35.5. The van der Waals surface area contributed by atoms with E-state index < -0.39 is 16.6 Å². The summed E-state index contributed by atoms with van der Waals surface area (Å²) in [6, 6.07) is 4.71. The van der Waals surface area contributed by atoms with Gasteiger partial charge in [-0.05, 0) is 18.6 Å². The van der Waals surface area contributed by atoms with Crippen LogP contribution in [0.5, 0.6) is 0 Å². The molecule has 1 heterocycles. The lowest BCUT2D eigenvalue weighted by Crippen LogP contribution is -2.08. The van der Waals surface area contributed by atoms with Crippen LogP contribution in [-0.2, 0) is 0 Å². The molecule has 5 nitrogen and oxygen atoms in total. The highest BCUT2D eigenvalue weighted by Crippen LogP contribution is 2.45. The summed E-state index contributed by atoms with van der Waals surface area (Å²) < 4.78 is 27.4. The van der Waals surface area contributed by atoms with E-state index in [-0.39, 0.29) is 34.1 Å². The zero-order chi connectivity index (χ0) is 15.9. The smallest absolute Gasteiger partial charge is 0.289 e. The van der Waals surface area contributed by atoms with E-state index in [1.54, 1.807) is 0 Å². The summed E-state index contributed by atoms with van der Waals surface area (Å²) in [5.41, 5.74) is -0.180. The Morgan fingerprint density at radius 1 is 1.36 bits per heavy atom. The predicted molar refractivity (Wildman–Crippen MR) is 77.0 cm³/mol. The first-order valence-corrected chi connectivity index (χ1v) is 6.85. The van der Waals surface area contributed by atoms with Crippen molar-refractivity contribution in [1.82, 2.24) is 4.98 Å². The van der Waals surface area contributed by atoms with Gasteiger partial charge >= 0.3 is 0 Å². The van der Waals surface area contributed by atoms with Gasteiger partial charge in [0.25, 0.3) is 5.69 Å². The van der Waals surface area contributed by atoms with Gasteiger partial charge in [-0.1, -0.05) is 17.7 Å². The van der Waals surface area contributed by atoms with Gasteiger partial charge in [0.2, 0.25) is 0 Å². The molecule has 1 aliphatic rings. The maximum atomic E-state index is 13.7. The van der Waals surface area contributed by atoms with Gasteiger partial charge in [-0.3, -0.25) is 10.1 Å². The minimum Gasteiger partial charge on any atom is -0.365 e. The standard InChI is InChI=1S/C14H10ClF2N3O2/c15-9-4-7(20(21)22)6-18-14(9)19-12-5-8(12)13-10(16)2-1-3-11(13)17/h1-4,6,8,12H,5H2,(H,18,19). The molecular formula is C14H10ClF2N3O2. The third-order valence-corrected chi connectivity index (χ3v) is 3.81. The average Bonchev–Trinajstić information content (AvgIpc) is 3.19. The van der Waals surface area contributed by atoms with Gasteiger partial charge in [0.15, 0.2) is 0 Å². The van der Waals surface area contributed by atoms with E-state index in [4.69, 9.17) is 11.6 Å². The Hall–Kier alpha value is -2.28. The molecule has 0 amide bonds. The molecule has 0 spiro atoms. The number of aromatic nitrogens is 1. The molecule has 1 N–H and O–H groups in total. The summed E-state index contributed by atoms with van der Waals surface area (Å²) in [6.07, 6.45) is 1.61. The number of hydrogen-bond acceptors (Lipinski definition) is 4. The fourth-order valence-corrected chi connectivity index (χ4v) is 2.56. The molecule has 0 aliphatic heterocycles. The van der Waals surface area contributed by atoms with Gasteiger partial charge in [0.1, 0.15) is 23.6 Å². The zero-order valence-corrected chi connectivity index (χ0v) is 11.8. The molecule has 0 saturated heterocycles. The molecule has 2 aromatic rings. The van der Waals surface area contributed by atoms with Crippen molar-refractivity contribution in [2.24, 2.45) is 0 Å². The maximum Gasteiger partial charge on any atom is 0.289 e. The molecule has 0 bridgehead atoms.